The van der Waals surface area contributed by atoms with Crippen LogP contribution in [0.1, 0.15) is 5.56 Å². The van der Waals surface area contributed by atoms with Gasteiger partial charge in [0.1, 0.15) is 0 Å². The molecule has 92 valence electrons. The van der Waals surface area contributed by atoms with Crippen molar-refractivity contribution in [3.05, 3.63) is 78.4 Å². The summed E-state index contributed by atoms with van der Waals surface area (Å²) in [6.07, 6.45) is 3.29. The molecule has 0 radical (unpaired) electrons. The molecule has 2 aromatic carbocycles. The molecule has 18 heavy (non-hydrogen) atoms. The minimum Gasteiger partial charge on any atom is -0.356 e. The van der Waals surface area contributed by atoms with E-state index in [1.807, 2.05) is 66.7 Å². The fourth-order valence-corrected chi connectivity index (χ4v) is 1.20. The van der Waals surface area contributed by atoms with Crippen molar-refractivity contribution in [2.45, 2.75) is 0 Å². The fraction of sp³-hybridized carbons (Fsp3) is 0.0625. The summed E-state index contributed by atoms with van der Waals surface area (Å²) in [7, 11) is 1.61. The van der Waals surface area contributed by atoms with Gasteiger partial charge in [-0.1, -0.05) is 66.7 Å². The summed E-state index contributed by atoms with van der Waals surface area (Å²) < 4.78 is 0. The van der Waals surface area contributed by atoms with Crippen LogP contribution in [-0.4, -0.2) is 13.0 Å². The van der Waals surface area contributed by atoms with Crippen LogP contribution in [0.5, 0.6) is 0 Å². The third-order valence-electron chi connectivity index (χ3n) is 2.14. The monoisotopic (exact) mass is 239 g/mol. The Hall–Kier alpha value is -2.35. The van der Waals surface area contributed by atoms with Crippen molar-refractivity contribution in [1.82, 2.24) is 5.32 Å². The summed E-state index contributed by atoms with van der Waals surface area (Å²) in [4.78, 5) is 10.8. The average Bonchev–Trinajstić information content (AvgIpc) is 2.48. The zero-order valence-corrected chi connectivity index (χ0v) is 10.4. The Balaban J connectivity index is 0.000000225. The first kappa shape index (κ1) is 13.7. The smallest absolute Gasteiger partial charge is 0.243 e. The van der Waals surface area contributed by atoms with E-state index in [4.69, 9.17) is 0 Å². The zero-order valence-electron chi connectivity index (χ0n) is 10.4. The predicted molar refractivity (Wildman–Crippen MR) is 76.0 cm³/mol. The van der Waals surface area contributed by atoms with Gasteiger partial charge in [0.25, 0.3) is 0 Å². The number of likely N-dealkylation sites (N-methyl/N-ethyl adjacent to an activating group) is 1. The molecule has 2 nitrogen and oxygen atoms in total. The van der Waals surface area contributed by atoms with Crippen molar-refractivity contribution in [3.8, 4) is 0 Å². The predicted octanol–water partition coefficient (Wildman–Crippen LogP) is 3.13. The second-order valence-electron chi connectivity index (χ2n) is 3.51. The van der Waals surface area contributed by atoms with E-state index in [0.29, 0.717) is 0 Å². The molecule has 2 aromatic rings. The Labute approximate surface area is 108 Å². The summed E-state index contributed by atoms with van der Waals surface area (Å²) in [5.74, 6) is -0.0844. The minimum absolute atomic E-state index is 0.0844. The third-order valence-corrected chi connectivity index (χ3v) is 2.14. The molecular formula is C16H17NO. The second-order valence-corrected chi connectivity index (χ2v) is 3.51. The molecule has 1 N–H and O–H groups in total. The maximum atomic E-state index is 10.8. The van der Waals surface area contributed by atoms with Gasteiger partial charge in [-0.15, -0.1) is 0 Å². The molecule has 0 aliphatic heterocycles. The highest BCUT2D eigenvalue weighted by atomic mass is 16.1. The number of nitrogens with one attached hydrogen (secondary N) is 1. The van der Waals surface area contributed by atoms with Crippen LogP contribution in [0.25, 0.3) is 6.08 Å². The summed E-state index contributed by atoms with van der Waals surface area (Å²) in [5.41, 5.74) is 1.03. The van der Waals surface area contributed by atoms with Crippen molar-refractivity contribution >= 4 is 12.0 Å². The van der Waals surface area contributed by atoms with Crippen molar-refractivity contribution in [1.29, 1.82) is 0 Å². The van der Waals surface area contributed by atoms with Crippen LogP contribution in [-0.2, 0) is 4.79 Å². The first-order valence-corrected chi connectivity index (χ1v) is 5.78. The van der Waals surface area contributed by atoms with Crippen molar-refractivity contribution < 1.29 is 4.79 Å². The molecule has 0 aliphatic rings. The van der Waals surface area contributed by atoms with Gasteiger partial charge in [-0.25, -0.2) is 0 Å². The molecule has 0 saturated carbocycles. The second kappa shape index (κ2) is 8.76. The van der Waals surface area contributed by atoms with Crippen LogP contribution >= 0.6 is 0 Å². The van der Waals surface area contributed by atoms with Gasteiger partial charge >= 0.3 is 0 Å². The van der Waals surface area contributed by atoms with Crippen LogP contribution in [0.2, 0.25) is 0 Å². The van der Waals surface area contributed by atoms with E-state index in [0.717, 1.165) is 5.56 Å². The summed E-state index contributed by atoms with van der Waals surface area (Å²) in [5, 5.41) is 2.51. The highest BCUT2D eigenvalue weighted by Gasteiger charge is 1.87. The lowest BCUT2D eigenvalue weighted by molar-refractivity contribution is -0.115. The average molecular weight is 239 g/mol. The number of hydrogen-bond donors (Lipinski definition) is 1. The topological polar surface area (TPSA) is 29.1 Å². The molecule has 0 bridgehead atoms. The van der Waals surface area contributed by atoms with E-state index in [2.05, 4.69) is 5.32 Å². The maximum Gasteiger partial charge on any atom is 0.243 e. The van der Waals surface area contributed by atoms with E-state index >= 15 is 0 Å². The van der Waals surface area contributed by atoms with Gasteiger partial charge in [0.2, 0.25) is 5.91 Å². The fourth-order valence-electron chi connectivity index (χ4n) is 1.20. The molecule has 2 heteroatoms. The van der Waals surface area contributed by atoms with E-state index < -0.39 is 0 Å². The molecule has 0 heterocycles. The molecule has 2 rings (SSSR count). The lowest BCUT2D eigenvalue weighted by Crippen LogP contribution is -2.13. The molecule has 0 aliphatic carbocycles. The minimum atomic E-state index is -0.0844. The van der Waals surface area contributed by atoms with E-state index in [-0.39, 0.29) is 5.91 Å². The number of rotatable bonds is 2. The number of carbonyl (C=O) groups excluding carboxylic acids is 1. The van der Waals surface area contributed by atoms with Gasteiger partial charge in [-0.3, -0.25) is 4.79 Å². The van der Waals surface area contributed by atoms with Gasteiger partial charge < -0.3 is 5.32 Å². The third kappa shape index (κ3) is 6.28. The first-order chi connectivity index (χ1) is 8.83. The van der Waals surface area contributed by atoms with E-state index in [1.165, 1.54) is 6.08 Å². The number of benzene rings is 2. The lowest BCUT2D eigenvalue weighted by Gasteiger charge is -1.91. The van der Waals surface area contributed by atoms with Gasteiger partial charge in [0, 0.05) is 13.1 Å². The standard InChI is InChI=1S/C10H11NO.C6H6/c1-11-10(12)8-7-9-5-3-2-4-6-9;1-2-4-6-5-3-1/h2-8H,1H3,(H,11,12);1-6H. The Morgan fingerprint density at radius 2 is 1.33 bits per heavy atom. The Bertz CT molecular complexity index is 436. The number of carbonyl (C=O) groups is 1. The zero-order chi connectivity index (χ0) is 13.1. The summed E-state index contributed by atoms with van der Waals surface area (Å²) >= 11 is 0. The Morgan fingerprint density at radius 1 is 0.889 bits per heavy atom. The number of hydrogen-bond acceptors (Lipinski definition) is 1. The van der Waals surface area contributed by atoms with Crippen LogP contribution in [0, 0.1) is 0 Å². The molecule has 0 aromatic heterocycles. The van der Waals surface area contributed by atoms with Crippen LogP contribution in [0.15, 0.2) is 72.8 Å². The summed E-state index contributed by atoms with van der Waals surface area (Å²) in [6, 6.07) is 21.7. The normalized spacial score (nSPS) is 9.39. The largest absolute Gasteiger partial charge is 0.356 e. The van der Waals surface area contributed by atoms with Gasteiger partial charge in [-0.2, -0.15) is 0 Å². The van der Waals surface area contributed by atoms with Crippen LogP contribution in [0.3, 0.4) is 0 Å². The maximum absolute atomic E-state index is 10.8. The molecule has 0 spiro atoms. The molecule has 0 atom stereocenters. The molecule has 0 fully saturated rings. The van der Waals surface area contributed by atoms with Gasteiger partial charge in [0.15, 0.2) is 0 Å². The molecular weight excluding hydrogens is 222 g/mol. The summed E-state index contributed by atoms with van der Waals surface area (Å²) in [6.45, 7) is 0. The molecule has 0 saturated heterocycles. The van der Waals surface area contributed by atoms with Gasteiger partial charge in [-0.05, 0) is 11.6 Å². The van der Waals surface area contributed by atoms with Gasteiger partial charge in [0.05, 0.1) is 0 Å². The highest BCUT2D eigenvalue weighted by molar-refractivity contribution is 5.91. The van der Waals surface area contributed by atoms with Crippen molar-refractivity contribution in [2.24, 2.45) is 0 Å². The van der Waals surface area contributed by atoms with Crippen LogP contribution < -0.4 is 5.32 Å². The van der Waals surface area contributed by atoms with Crippen molar-refractivity contribution in [2.75, 3.05) is 7.05 Å². The SMILES string of the molecule is CNC(=O)C=Cc1ccccc1.c1ccccc1. The highest BCUT2D eigenvalue weighted by Crippen LogP contribution is 1.99. The van der Waals surface area contributed by atoms with E-state index in [1.54, 1.807) is 13.1 Å². The van der Waals surface area contributed by atoms with Crippen molar-refractivity contribution in [3.63, 3.8) is 0 Å². The Morgan fingerprint density at radius 3 is 1.78 bits per heavy atom. The van der Waals surface area contributed by atoms with E-state index in [9.17, 15) is 4.79 Å². The molecule has 0 unspecified atom stereocenters. The number of amides is 1. The lowest BCUT2D eigenvalue weighted by atomic mass is 10.2. The molecule has 1 amide bonds. The Kier molecular flexibility index (Phi) is 6.68. The van der Waals surface area contributed by atoms with Crippen LogP contribution in [0.4, 0.5) is 0 Å². The quantitative estimate of drug-likeness (QED) is 0.801. The first-order valence-electron chi connectivity index (χ1n) is 5.78.